The number of rotatable bonds is 2. The molecule has 0 aliphatic carbocycles. The normalized spacial score (nSPS) is 10.4. The fourth-order valence-electron chi connectivity index (χ4n) is 1.86. The lowest BCUT2D eigenvalue weighted by Crippen LogP contribution is -1.93. The Labute approximate surface area is 119 Å². The summed E-state index contributed by atoms with van der Waals surface area (Å²) in [6.45, 7) is 1.78. The molecular formula is C14H8ClN3O2. The smallest absolute Gasteiger partial charge is 0.247 e. The quantitative estimate of drug-likeness (QED) is 0.669. The van der Waals surface area contributed by atoms with Crippen LogP contribution in [0.1, 0.15) is 11.5 Å². The van der Waals surface area contributed by atoms with Gasteiger partial charge in [0.05, 0.1) is 5.39 Å². The number of para-hydroxylation sites is 1. The number of furan rings is 1. The van der Waals surface area contributed by atoms with E-state index in [1.807, 2.05) is 24.3 Å². The Balaban J connectivity index is 2.12. The Bertz CT molecular complexity index is 816. The average molecular weight is 286 g/mol. The molecule has 2 heterocycles. The number of aromatic nitrogens is 2. The highest BCUT2D eigenvalue weighted by molar-refractivity contribution is 6.28. The molecular weight excluding hydrogens is 278 g/mol. The van der Waals surface area contributed by atoms with Gasteiger partial charge in [0.1, 0.15) is 11.7 Å². The summed E-state index contributed by atoms with van der Waals surface area (Å²) >= 11 is 5.79. The molecule has 0 spiro atoms. The molecule has 0 aliphatic rings. The zero-order valence-corrected chi connectivity index (χ0v) is 11.2. The largest absolute Gasteiger partial charge is 0.442 e. The van der Waals surface area contributed by atoms with Gasteiger partial charge >= 0.3 is 0 Å². The lowest BCUT2D eigenvalue weighted by Gasteiger charge is -2.04. The molecule has 0 saturated heterocycles. The van der Waals surface area contributed by atoms with Gasteiger partial charge in [0, 0.05) is 11.8 Å². The van der Waals surface area contributed by atoms with E-state index < -0.39 is 0 Å². The summed E-state index contributed by atoms with van der Waals surface area (Å²) in [7, 11) is 0. The predicted molar refractivity (Wildman–Crippen MR) is 72.8 cm³/mol. The number of hydrogen-bond donors (Lipinski definition) is 0. The second-order valence-electron chi connectivity index (χ2n) is 4.09. The fraction of sp³-hybridized carbons (Fsp3) is 0.0714. The third-order valence-electron chi connectivity index (χ3n) is 2.66. The summed E-state index contributed by atoms with van der Waals surface area (Å²) in [6, 6.07) is 10.8. The Kier molecular flexibility index (Phi) is 3.01. The van der Waals surface area contributed by atoms with Gasteiger partial charge in [0.2, 0.25) is 16.9 Å². The van der Waals surface area contributed by atoms with Crippen molar-refractivity contribution in [2.24, 2.45) is 0 Å². The molecule has 0 fully saturated rings. The van der Waals surface area contributed by atoms with Crippen LogP contribution in [0.4, 0.5) is 0 Å². The number of aryl methyl sites for hydroxylation is 1. The molecule has 2 aromatic heterocycles. The topological polar surface area (TPSA) is 71.9 Å². The maximum absolute atomic E-state index is 9.12. The molecule has 0 saturated carbocycles. The summed E-state index contributed by atoms with van der Waals surface area (Å²) in [5.74, 6) is 0.696. The summed E-state index contributed by atoms with van der Waals surface area (Å²) in [6.07, 6.45) is 0. The fourth-order valence-corrected chi connectivity index (χ4v) is 2.07. The first-order valence-electron chi connectivity index (χ1n) is 5.78. The van der Waals surface area contributed by atoms with Gasteiger partial charge in [-0.3, -0.25) is 0 Å². The van der Waals surface area contributed by atoms with Crippen LogP contribution in [-0.4, -0.2) is 9.97 Å². The second kappa shape index (κ2) is 4.83. The highest BCUT2D eigenvalue weighted by Crippen LogP contribution is 2.35. The molecule has 0 aliphatic heterocycles. The Morgan fingerprint density at radius 2 is 2.10 bits per heavy atom. The molecule has 3 aromatic rings. The zero-order valence-electron chi connectivity index (χ0n) is 10.4. The van der Waals surface area contributed by atoms with E-state index in [-0.39, 0.29) is 16.9 Å². The first-order valence-corrected chi connectivity index (χ1v) is 6.16. The van der Waals surface area contributed by atoms with Crippen molar-refractivity contribution in [3.63, 3.8) is 0 Å². The van der Waals surface area contributed by atoms with Gasteiger partial charge in [0.25, 0.3) is 0 Å². The van der Waals surface area contributed by atoms with Crippen molar-refractivity contribution in [3.05, 3.63) is 47.1 Å². The molecule has 20 heavy (non-hydrogen) atoms. The number of ether oxygens (including phenoxy) is 1. The van der Waals surface area contributed by atoms with Gasteiger partial charge in [-0.05, 0) is 30.7 Å². The minimum Gasteiger partial charge on any atom is -0.442 e. The standard InChI is InChI=1S/C14H8ClN3O2/c1-8-6-12(18-14(15)17-8)20-13-9-4-2-3-5-10(9)19-11(13)7-16/h2-6H,1H3. The molecule has 5 nitrogen and oxygen atoms in total. The van der Waals surface area contributed by atoms with Gasteiger partial charge in [-0.25, -0.2) is 4.98 Å². The van der Waals surface area contributed by atoms with E-state index in [4.69, 9.17) is 26.0 Å². The van der Waals surface area contributed by atoms with E-state index in [9.17, 15) is 0 Å². The molecule has 3 rings (SSSR count). The van der Waals surface area contributed by atoms with Crippen molar-refractivity contribution >= 4 is 22.6 Å². The molecule has 0 N–H and O–H groups in total. The monoisotopic (exact) mass is 285 g/mol. The highest BCUT2D eigenvalue weighted by atomic mass is 35.5. The maximum atomic E-state index is 9.12. The Morgan fingerprint density at radius 1 is 1.30 bits per heavy atom. The van der Waals surface area contributed by atoms with Crippen molar-refractivity contribution in [3.8, 4) is 17.7 Å². The van der Waals surface area contributed by atoms with Crippen molar-refractivity contribution < 1.29 is 9.15 Å². The van der Waals surface area contributed by atoms with E-state index in [1.165, 1.54) is 0 Å². The molecule has 0 radical (unpaired) electrons. The second-order valence-corrected chi connectivity index (χ2v) is 4.42. The van der Waals surface area contributed by atoms with Crippen LogP contribution < -0.4 is 4.74 Å². The van der Waals surface area contributed by atoms with Crippen LogP contribution in [0.5, 0.6) is 11.6 Å². The lowest BCUT2D eigenvalue weighted by atomic mass is 10.2. The van der Waals surface area contributed by atoms with Gasteiger partial charge in [-0.15, -0.1) is 0 Å². The maximum Gasteiger partial charge on any atom is 0.247 e. The first kappa shape index (κ1) is 12.5. The van der Waals surface area contributed by atoms with Crippen LogP contribution in [0.3, 0.4) is 0 Å². The summed E-state index contributed by atoms with van der Waals surface area (Å²) in [5.41, 5.74) is 1.25. The molecule has 1 aromatic carbocycles. The molecule has 0 unspecified atom stereocenters. The molecule has 98 valence electrons. The van der Waals surface area contributed by atoms with Gasteiger partial charge in [-0.2, -0.15) is 10.2 Å². The molecule has 0 amide bonds. The summed E-state index contributed by atoms with van der Waals surface area (Å²) in [4.78, 5) is 7.93. The van der Waals surface area contributed by atoms with E-state index in [2.05, 4.69) is 9.97 Å². The third kappa shape index (κ3) is 2.17. The minimum absolute atomic E-state index is 0.0892. The van der Waals surface area contributed by atoms with Crippen molar-refractivity contribution in [1.82, 2.24) is 9.97 Å². The number of fused-ring (bicyclic) bond motifs is 1. The van der Waals surface area contributed by atoms with Crippen molar-refractivity contribution in [2.75, 3.05) is 0 Å². The van der Waals surface area contributed by atoms with Crippen LogP contribution in [0.2, 0.25) is 5.28 Å². The van der Waals surface area contributed by atoms with E-state index in [0.29, 0.717) is 22.4 Å². The van der Waals surface area contributed by atoms with Crippen molar-refractivity contribution in [1.29, 1.82) is 5.26 Å². The van der Waals surface area contributed by atoms with Gasteiger partial charge in [-0.1, -0.05) is 12.1 Å². The van der Waals surface area contributed by atoms with Gasteiger partial charge < -0.3 is 9.15 Å². The summed E-state index contributed by atoms with van der Waals surface area (Å²) in [5, 5.41) is 9.92. The van der Waals surface area contributed by atoms with Crippen LogP contribution >= 0.6 is 11.6 Å². The predicted octanol–water partition coefficient (Wildman–Crippen LogP) is 3.85. The van der Waals surface area contributed by atoms with E-state index >= 15 is 0 Å². The molecule has 6 heteroatoms. The number of halogens is 1. The molecule has 0 atom stereocenters. The number of nitrogens with zero attached hydrogens (tertiary/aromatic N) is 3. The van der Waals surface area contributed by atoms with Crippen LogP contribution in [0.15, 0.2) is 34.7 Å². The number of hydrogen-bond acceptors (Lipinski definition) is 5. The van der Waals surface area contributed by atoms with Crippen LogP contribution in [0, 0.1) is 18.3 Å². The summed E-state index contributed by atoms with van der Waals surface area (Å²) < 4.78 is 11.1. The lowest BCUT2D eigenvalue weighted by molar-refractivity contribution is 0.449. The molecule has 0 bridgehead atoms. The SMILES string of the molecule is Cc1cc(Oc2c(C#N)oc3ccccc23)nc(Cl)n1. The Hall–Kier alpha value is -2.58. The van der Waals surface area contributed by atoms with Gasteiger partial charge in [0.15, 0.2) is 5.75 Å². The van der Waals surface area contributed by atoms with Crippen LogP contribution in [0.25, 0.3) is 11.0 Å². The zero-order chi connectivity index (χ0) is 14.1. The first-order chi connectivity index (χ1) is 9.67. The third-order valence-corrected chi connectivity index (χ3v) is 2.83. The number of nitriles is 1. The van der Waals surface area contributed by atoms with Crippen molar-refractivity contribution in [2.45, 2.75) is 6.92 Å². The minimum atomic E-state index is 0.0892. The van der Waals surface area contributed by atoms with E-state index in [1.54, 1.807) is 19.1 Å². The van der Waals surface area contributed by atoms with E-state index in [0.717, 1.165) is 0 Å². The highest BCUT2D eigenvalue weighted by Gasteiger charge is 2.16. The Morgan fingerprint density at radius 3 is 2.85 bits per heavy atom. The van der Waals surface area contributed by atoms with Crippen LogP contribution in [-0.2, 0) is 0 Å². The number of benzene rings is 1. The average Bonchev–Trinajstić information content (AvgIpc) is 2.76.